The van der Waals surface area contributed by atoms with Crippen LogP contribution < -0.4 is 0 Å². The molecule has 1 atom stereocenters. The van der Waals surface area contributed by atoms with Gasteiger partial charge in [-0.15, -0.1) is 0 Å². The van der Waals surface area contributed by atoms with E-state index in [9.17, 15) is 13.2 Å². The van der Waals surface area contributed by atoms with Crippen molar-refractivity contribution in [3.63, 3.8) is 0 Å². The molecule has 0 aliphatic carbocycles. The number of aryl methyl sites for hydroxylation is 1. The van der Waals surface area contributed by atoms with Gasteiger partial charge in [-0.3, -0.25) is 4.90 Å². The monoisotopic (exact) mass is 402 g/mol. The number of furan rings is 1. The van der Waals surface area contributed by atoms with E-state index < -0.39 is 12.1 Å². The average molecular weight is 402 g/mol. The van der Waals surface area contributed by atoms with E-state index in [2.05, 4.69) is 33.9 Å². The summed E-state index contributed by atoms with van der Waals surface area (Å²) < 4.78 is 45.1. The van der Waals surface area contributed by atoms with Crippen LogP contribution in [-0.4, -0.2) is 47.0 Å². The zero-order valence-corrected chi connectivity index (χ0v) is 15.9. The Labute approximate surface area is 161 Å². The zero-order chi connectivity index (χ0) is 20.7. The molecule has 0 aromatic carbocycles. The van der Waals surface area contributed by atoms with Crippen LogP contribution in [-0.2, 0) is 29.2 Å². The molecular weight excluding hydrogens is 377 g/mol. The summed E-state index contributed by atoms with van der Waals surface area (Å²) in [4.78, 5) is 11.4. The maximum absolute atomic E-state index is 10.6. The van der Waals surface area contributed by atoms with Gasteiger partial charge in [0.1, 0.15) is 11.5 Å². The fourth-order valence-electron chi connectivity index (χ4n) is 3.14. The van der Waals surface area contributed by atoms with Crippen molar-refractivity contribution in [1.29, 1.82) is 0 Å². The molecule has 3 rings (SSSR count). The molecule has 1 N–H and O–H groups in total. The number of rotatable bonds is 5. The molecule has 3 heterocycles. The SMILES string of the molecule is COCCC1CN(Cc2ccc(C)o2)Cc2cccn2C1.O=C(O)C(F)(F)F. The van der Waals surface area contributed by atoms with Crippen LogP contribution in [0.25, 0.3) is 0 Å². The number of alkyl halides is 3. The zero-order valence-electron chi connectivity index (χ0n) is 15.9. The highest BCUT2D eigenvalue weighted by atomic mass is 19.4. The van der Waals surface area contributed by atoms with Crippen molar-refractivity contribution in [2.45, 2.75) is 39.2 Å². The third kappa shape index (κ3) is 6.72. The Morgan fingerprint density at radius 2 is 2.04 bits per heavy atom. The van der Waals surface area contributed by atoms with E-state index in [1.165, 1.54) is 5.69 Å². The maximum Gasteiger partial charge on any atom is 0.490 e. The fraction of sp³-hybridized carbons (Fsp3) is 0.526. The molecule has 0 bridgehead atoms. The Balaban J connectivity index is 0.000000345. The fourth-order valence-corrected chi connectivity index (χ4v) is 3.14. The van der Waals surface area contributed by atoms with Gasteiger partial charge in [-0.2, -0.15) is 13.2 Å². The number of fused-ring (bicyclic) bond motifs is 1. The van der Waals surface area contributed by atoms with Crippen LogP contribution in [0.15, 0.2) is 34.9 Å². The molecule has 0 fully saturated rings. The van der Waals surface area contributed by atoms with Crippen molar-refractivity contribution in [2.75, 3.05) is 20.3 Å². The molecule has 0 saturated carbocycles. The molecule has 6 nitrogen and oxygen atoms in total. The molecule has 0 radical (unpaired) electrons. The van der Waals surface area contributed by atoms with E-state index in [1.807, 2.05) is 13.0 Å². The molecule has 9 heteroatoms. The third-order valence-corrected chi connectivity index (χ3v) is 4.43. The topological polar surface area (TPSA) is 67.8 Å². The van der Waals surface area contributed by atoms with Crippen molar-refractivity contribution in [2.24, 2.45) is 5.92 Å². The lowest BCUT2D eigenvalue weighted by Crippen LogP contribution is -2.28. The van der Waals surface area contributed by atoms with Crippen molar-refractivity contribution in [3.8, 4) is 0 Å². The van der Waals surface area contributed by atoms with Crippen LogP contribution >= 0.6 is 0 Å². The van der Waals surface area contributed by atoms with Gasteiger partial charge in [0.05, 0.1) is 6.54 Å². The van der Waals surface area contributed by atoms with Gasteiger partial charge < -0.3 is 18.8 Å². The number of aromatic nitrogens is 1. The van der Waals surface area contributed by atoms with Gasteiger partial charge in [-0.25, -0.2) is 4.79 Å². The lowest BCUT2D eigenvalue weighted by Gasteiger charge is -2.22. The second kappa shape index (κ2) is 9.79. The number of carboxylic acid groups (broad SMARTS) is 1. The Hall–Kier alpha value is -2.26. The minimum absolute atomic E-state index is 0.620. The number of halogens is 3. The van der Waals surface area contributed by atoms with Crippen LogP contribution in [0, 0.1) is 12.8 Å². The first-order valence-electron chi connectivity index (χ1n) is 8.89. The molecule has 0 saturated heterocycles. The molecule has 1 aliphatic heterocycles. The third-order valence-electron chi connectivity index (χ3n) is 4.43. The summed E-state index contributed by atoms with van der Waals surface area (Å²) >= 11 is 0. The Morgan fingerprint density at radius 3 is 2.61 bits per heavy atom. The summed E-state index contributed by atoms with van der Waals surface area (Å²) in [5, 5.41) is 7.12. The van der Waals surface area contributed by atoms with Crippen LogP contribution in [0.2, 0.25) is 0 Å². The predicted octanol–water partition coefficient (Wildman–Crippen LogP) is 3.69. The number of methoxy groups -OCH3 is 1. The second-order valence-electron chi connectivity index (χ2n) is 6.78. The van der Waals surface area contributed by atoms with E-state index in [4.69, 9.17) is 19.1 Å². The Kier molecular flexibility index (Phi) is 7.70. The van der Waals surface area contributed by atoms with E-state index in [-0.39, 0.29) is 0 Å². The summed E-state index contributed by atoms with van der Waals surface area (Å²) in [6, 6.07) is 8.49. The number of nitrogens with zero attached hydrogens (tertiary/aromatic N) is 2. The first kappa shape index (κ1) is 22.0. The largest absolute Gasteiger partial charge is 0.490 e. The van der Waals surface area contributed by atoms with Crippen molar-refractivity contribution in [3.05, 3.63) is 47.7 Å². The number of hydrogen-bond acceptors (Lipinski definition) is 4. The maximum atomic E-state index is 10.6. The van der Waals surface area contributed by atoms with E-state index in [1.54, 1.807) is 7.11 Å². The quantitative estimate of drug-likeness (QED) is 0.826. The van der Waals surface area contributed by atoms with Crippen molar-refractivity contribution >= 4 is 5.97 Å². The smallest absolute Gasteiger partial charge is 0.475 e. The normalized spacial score (nSPS) is 17.4. The molecule has 0 spiro atoms. The minimum atomic E-state index is -5.08. The Morgan fingerprint density at radius 1 is 1.32 bits per heavy atom. The highest BCUT2D eigenvalue weighted by Crippen LogP contribution is 2.21. The number of carboxylic acids is 1. The van der Waals surface area contributed by atoms with E-state index >= 15 is 0 Å². The highest BCUT2D eigenvalue weighted by molar-refractivity contribution is 5.73. The van der Waals surface area contributed by atoms with Crippen molar-refractivity contribution in [1.82, 2.24) is 9.47 Å². The van der Waals surface area contributed by atoms with Gasteiger partial charge in [0.15, 0.2) is 0 Å². The van der Waals surface area contributed by atoms with Gasteiger partial charge in [-0.05, 0) is 43.5 Å². The molecule has 2 aromatic rings. The lowest BCUT2D eigenvalue weighted by molar-refractivity contribution is -0.192. The summed E-state index contributed by atoms with van der Waals surface area (Å²) in [5.41, 5.74) is 1.39. The summed E-state index contributed by atoms with van der Waals surface area (Å²) in [6.45, 7) is 6.86. The van der Waals surface area contributed by atoms with Crippen LogP contribution in [0.5, 0.6) is 0 Å². The van der Waals surface area contributed by atoms with Gasteiger partial charge in [0.2, 0.25) is 0 Å². The molecule has 0 amide bonds. The molecule has 1 aliphatic rings. The molecule has 2 aromatic heterocycles. The number of hydrogen-bond donors (Lipinski definition) is 1. The molecular formula is C19H25F3N2O4. The van der Waals surface area contributed by atoms with Gasteiger partial charge >= 0.3 is 12.1 Å². The van der Waals surface area contributed by atoms with E-state index in [0.717, 1.165) is 50.7 Å². The van der Waals surface area contributed by atoms with Crippen LogP contribution in [0.4, 0.5) is 13.2 Å². The van der Waals surface area contributed by atoms with Gasteiger partial charge in [0, 0.05) is 45.2 Å². The number of aliphatic carboxylic acids is 1. The molecule has 156 valence electrons. The number of ether oxygens (including phenoxy) is 1. The van der Waals surface area contributed by atoms with Crippen LogP contribution in [0.1, 0.15) is 23.6 Å². The lowest BCUT2D eigenvalue weighted by atomic mass is 10.1. The molecule has 28 heavy (non-hydrogen) atoms. The van der Waals surface area contributed by atoms with Crippen LogP contribution in [0.3, 0.4) is 0 Å². The number of carbonyl (C=O) groups is 1. The predicted molar refractivity (Wildman–Crippen MR) is 95.7 cm³/mol. The summed E-state index contributed by atoms with van der Waals surface area (Å²) in [7, 11) is 1.78. The van der Waals surface area contributed by atoms with E-state index in [0.29, 0.717) is 5.92 Å². The van der Waals surface area contributed by atoms with Gasteiger partial charge in [0.25, 0.3) is 0 Å². The summed E-state index contributed by atoms with van der Waals surface area (Å²) in [5.74, 6) is -0.0979. The molecule has 1 unspecified atom stereocenters. The van der Waals surface area contributed by atoms with Crippen molar-refractivity contribution < 1.29 is 32.2 Å². The second-order valence-corrected chi connectivity index (χ2v) is 6.78. The average Bonchev–Trinajstić information content (AvgIpc) is 3.17. The summed E-state index contributed by atoms with van der Waals surface area (Å²) in [6.07, 6.45) is -1.79. The first-order valence-corrected chi connectivity index (χ1v) is 8.89. The standard InChI is InChI=1S/C17H24N2O2.C2HF3O2/c1-14-5-6-17(21-14)13-18-10-15(7-9-20-2)11-19-8-3-4-16(19)12-18;3-2(4,5)1(6)7/h3-6,8,15H,7,9-13H2,1-2H3;(H,6,7). The highest BCUT2D eigenvalue weighted by Gasteiger charge is 2.38. The first-order chi connectivity index (χ1) is 13.2. The van der Waals surface area contributed by atoms with Gasteiger partial charge in [-0.1, -0.05) is 0 Å². The Bertz CT molecular complexity index is 754. The minimum Gasteiger partial charge on any atom is -0.475 e.